The predicted molar refractivity (Wildman–Crippen MR) is 81.3 cm³/mol. The highest BCUT2D eigenvalue weighted by Gasteiger charge is 2.05. The lowest BCUT2D eigenvalue weighted by Crippen LogP contribution is -1.81. The summed E-state index contributed by atoms with van der Waals surface area (Å²) in [6.45, 7) is 0. The molecule has 1 radical (unpaired) electrons. The van der Waals surface area contributed by atoms with Crippen molar-refractivity contribution in [2.45, 2.75) is 9.79 Å². The molecule has 0 fully saturated rings. The van der Waals surface area contributed by atoms with Crippen LogP contribution < -0.4 is 0 Å². The van der Waals surface area contributed by atoms with Crippen molar-refractivity contribution in [3.05, 3.63) is 84.9 Å². The molecule has 0 aliphatic heterocycles. The fourth-order valence-corrected chi connectivity index (χ4v) is 2.97. The van der Waals surface area contributed by atoms with Gasteiger partial charge in [0.25, 0.3) is 0 Å². The molecule has 3 aromatic carbocycles. The molecule has 0 aliphatic carbocycles. The quantitative estimate of drug-likeness (QED) is 0.616. The zero-order valence-electron chi connectivity index (χ0n) is 10.4. The van der Waals surface area contributed by atoms with Gasteiger partial charge in [0, 0.05) is 9.79 Å². The Morgan fingerprint density at radius 1 is 0.684 bits per heavy atom. The Morgan fingerprint density at radius 3 is 2.16 bits per heavy atom. The van der Waals surface area contributed by atoms with E-state index in [0.717, 1.165) is 0 Å². The van der Waals surface area contributed by atoms with E-state index in [0.29, 0.717) is 0 Å². The highest BCUT2D eigenvalue weighted by atomic mass is 32.2. The summed E-state index contributed by atoms with van der Waals surface area (Å²) in [5, 5.41) is 0. The summed E-state index contributed by atoms with van der Waals surface area (Å²) < 4.78 is 0. The van der Waals surface area contributed by atoms with Crippen LogP contribution in [0.3, 0.4) is 0 Å². The topological polar surface area (TPSA) is 0 Å². The molecule has 3 rings (SSSR count). The second-order valence-corrected chi connectivity index (χ2v) is 5.32. The SMILES string of the molecule is [c]1ccc(-c2ccccc2Sc2ccccc2)cc1. The fourth-order valence-electron chi connectivity index (χ4n) is 1.98. The molecule has 0 heterocycles. The lowest BCUT2D eigenvalue weighted by molar-refractivity contribution is 1.40. The Labute approximate surface area is 118 Å². The van der Waals surface area contributed by atoms with E-state index in [9.17, 15) is 0 Å². The summed E-state index contributed by atoms with van der Waals surface area (Å²) in [6.07, 6.45) is 0. The molecule has 0 atom stereocenters. The van der Waals surface area contributed by atoms with Crippen LogP contribution in [-0.2, 0) is 0 Å². The molecule has 0 saturated carbocycles. The first kappa shape index (κ1) is 12.1. The number of benzene rings is 3. The second-order valence-electron chi connectivity index (χ2n) is 4.20. The van der Waals surface area contributed by atoms with E-state index in [1.54, 1.807) is 11.8 Å². The Balaban J connectivity index is 1.99. The third-order valence-electron chi connectivity index (χ3n) is 2.89. The van der Waals surface area contributed by atoms with Gasteiger partial charge in [-0.2, -0.15) is 0 Å². The maximum Gasteiger partial charge on any atom is 0.0200 e. The molecule has 0 amide bonds. The van der Waals surface area contributed by atoms with Crippen LogP contribution in [0.4, 0.5) is 0 Å². The van der Waals surface area contributed by atoms with Crippen LogP contribution in [0.2, 0.25) is 0 Å². The van der Waals surface area contributed by atoms with E-state index in [4.69, 9.17) is 0 Å². The van der Waals surface area contributed by atoms with Crippen molar-refractivity contribution < 1.29 is 0 Å². The van der Waals surface area contributed by atoms with Crippen molar-refractivity contribution in [1.82, 2.24) is 0 Å². The number of hydrogen-bond donors (Lipinski definition) is 0. The van der Waals surface area contributed by atoms with Gasteiger partial charge in [0.2, 0.25) is 0 Å². The molecule has 19 heavy (non-hydrogen) atoms. The van der Waals surface area contributed by atoms with Gasteiger partial charge in [0.1, 0.15) is 0 Å². The maximum absolute atomic E-state index is 3.06. The normalized spacial score (nSPS) is 10.3. The van der Waals surface area contributed by atoms with Crippen molar-refractivity contribution in [3.8, 4) is 11.1 Å². The van der Waals surface area contributed by atoms with Crippen molar-refractivity contribution in [2.24, 2.45) is 0 Å². The van der Waals surface area contributed by atoms with Crippen molar-refractivity contribution in [1.29, 1.82) is 0 Å². The van der Waals surface area contributed by atoms with Gasteiger partial charge >= 0.3 is 0 Å². The smallest absolute Gasteiger partial charge is 0.0200 e. The average molecular weight is 261 g/mol. The van der Waals surface area contributed by atoms with E-state index < -0.39 is 0 Å². The first-order valence-corrected chi connectivity index (χ1v) is 7.03. The molecule has 0 unspecified atom stereocenters. The first-order valence-electron chi connectivity index (χ1n) is 6.22. The minimum atomic E-state index is 1.23. The summed E-state index contributed by atoms with van der Waals surface area (Å²) in [5.41, 5.74) is 2.50. The van der Waals surface area contributed by atoms with Crippen LogP contribution in [0.1, 0.15) is 0 Å². The van der Waals surface area contributed by atoms with Crippen LogP contribution in [0, 0.1) is 6.07 Å². The molecule has 3 aromatic rings. The summed E-state index contributed by atoms with van der Waals surface area (Å²) in [5.74, 6) is 0. The lowest BCUT2D eigenvalue weighted by atomic mass is 10.1. The van der Waals surface area contributed by atoms with Crippen LogP contribution in [-0.4, -0.2) is 0 Å². The Hall–Kier alpha value is -1.99. The standard InChI is InChI=1S/C18H13S/c1-3-9-15(10-4-1)17-13-7-8-14-18(17)19-16-11-5-2-6-12-16/h2-14H. The van der Waals surface area contributed by atoms with Crippen LogP contribution in [0.15, 0.2) is 88.7 Å². The first-order chi connectivity index (χ1) is 9.43. The third kappa shape index (κ3) is 2.88. The van der Waals surface area contributed by atoms with Crippen LogP contribution in [0.25, 0.3) is 11.1 Å². The van der Waals surface area contributed by atoms with Crippen molar-refractivity contribution in [2.75, 3.05) is 0 Å². The summed E-state index contributed by atoms with van der Waals surface area (Å²) >= 11 is 1.80. The molecule has 0 spiro atoms. The zero-order valence-corrected chi connectivity index (χ0v) is 11.2. The van der Waals surface area contributed by atoms with Gasteiger partial charge in [-0.1, -0.05) is 72.4 Å². The summed E-state index contributed by atoms with van der Waals surface area (Å²) in [7, 11) is 0. The van der Waals surface area contributed by atoms with E-state index >= 15 is 0 Å². The minimum absolute atomic E-state index is 1.23. The summed E-state index contributed by atoms with van der Waals surface area (Å²) in [6, 6.07) is 30.2. The highest BCUT2D eigenvalue weighted by Crippen LogP contribution is 2.35. The Bertz CT molecular complexity index is 645. The largest absolute Gasteiger partial charge is 0.0895 e. The van der Waals surface area contributed by atoms with Gasteiger partial charge in [-0.3, -0.25) is 0 Å². The van der Waals surface area contributed by atoms with Crippen molar-refractivity contribution in [3.63, 3.8) is 0 Å². The molecule has 0 N–H and O–H groups in total. The van der Waals surface area contributed by atoms with Gasteiger partial charge in [-0.05, 0) is 35.4 Å². The van der Waals surface area contributed by atoms with Crippen LogP contribution >= 0.6 is 11.8 Å². The zero-order chi connectivity index (χ0) is 12.9. The third-order valence-corrected chi connectivity index (χ3v) is 3.97. The van der Waals surface area contributed by atoms with Crippen LogP contribution in [0.5, 0.6) is 0 Å². The lowest BCUT2D eigenvalue weighted by Gasteiger charge is -2.09. The number of hydrogen-bond acceptors (Lipinski definition) is 1. The highest BCUT2D eigenvalue weighted by molar-refractivity contribution is 7.99. The van der Waals surface area contributed by atoms with Gasteiger partial charge in [0.05, 0.1) is 0 Å². The molecular weight excluding hydrogens is 248 g/mol. The molecule has 91 valence electrons. The molecule has 0 aromatic heterocycles. The Morgan fingerprint density at radius 2 is 1.37 bits per heavy atom. The Kier molecular flexibility index (Phi) is 3.66. The molecule has 0 bridgehead atoms. The average Bonchev–Trinajstić information content (AvgIpc) is 2.50. The fraction of sp³-hybridized carbons (Fsp3) is 0. The van der Waals surface area contributed by atoms with E-state index in [1.807, 2.05) is 18.2 Å². The second kappa shape index (κ2) is 5.77. The summed E-state index contributed by atoms with van der Waals surface area (Å²) in [4.78, 5) is 2.54. The van der Waals surface area contributed by atoms with E-state index in [2.05, 4.69) is 66.7 Å². The van der Waals surface area contributed by atoms with Gasteiger partial charge < -0.3 is 0 Å². The van der Waals surface area contributed by atoms with Gasteiger partial charge in [-0.15, -0.1) is 0 Å². The van der Waals surface area contributed by atoms with Gasteiger partial charge in [0.15, 0.2) is 0 Å². The molecule has 0 aliphatic rings. The van der Waals surface area contributed by atoms with E-state index in [-0.39, 0.29) is 0 Å². The molecular formula is C18H13S. The number of rotatable bonds is 3. The molecule has 1 heteroatoms. The molecule has 0 nitrogen and oxygen atoms in total. The van der Waals surface area contributed by atoms with Crippen molar-refractivity contribution >= 4 is 11.8 Å². The monoisotopic (exact) mass is 261 g/mol. The van der Waals surface area contributed by atoms with Gasteiger partial charge in [-0.25, -0.2) is 0 Å². The van der Waals surface area contributed by atoms with E-state index in [1.165, 1.54) is 20.9 Å². The minimum Gasteiger partial charge on any atom is -0.0895 e. The molecule has 0 saturated heterocycles. The maximum atomic E-state index is 3.06. The predicted octanol–water partition coefficient (Wildman–Crippen LogP) is 5.30.